The van der Waals surface area contributed by atoms with Gasteiger partial charge in [-0.25, -0.2) is 0 Å². The Hall–Kier alpha value is -1.29. The van der Waals surface area contributed by atoms with Gasteiger partial charge >= 0.3 is 0 Å². The maximum absolute atomic E-state index is 8.95. The highest BCUT2D eigenvalue weighted by molar-refractivity contribution is 5.33. The molecular weight excluding hydrogens is 302 g/mol. The van der Waals surface area contributed by atoms with Gasteiger partial charge in [-0.3, -0.25) is 0 Å². The molecule has 2 aliphatic rings. The van der Waals surface area contributed by atoms with E-state index in [4.69, 9.17) is 5.26 Å². The van der Waals surface area contributed by atoms with Gasteiger partial charge in [0.15, 0.2) is 0 Å². The zero-order valence-electron chi connectivity index (χ0n) is 16.1. The summed E-state index contributed by atoms with van der Waals surface area (Å²) in [6.07, 6.45) is 17.3. The molecule has 0 amide bonds. The molecule has 0 radical (unpaired) electrons. The van der Waals surface area contributed by atoms with Crippen LogP contribution in [-0.2, 0) is 0 Å². The van der Waals surface area contributed by atoms with Crippen LogP contribution in [0, 0.1) is 29.1 Å². The highest BCUT2D eigenvalue weighted by atomic mass is 14.4. The van der Waals surface area contributed by atoms with Crippen molar-refractivity contribution in [1.29, 1.82) is 5.26 Å². The number of unbranched alkanes of at least 4 members (excludes halogenated alkanes) is 2. The van der Waals surface area contributed by atoms with Crippen LogP contribution in [0.1, 0.15) is 101 Å². The van der Waals surface area contributed by atoms with E-state index in [9.17, 15) is 0 Å². The highest BCUT2D eigenvalue weighted by Gasteiger charge is 2.31. The molecule has 1 aromatic carbocycles. The molecule has 0 aromatic heterocycles. The molecule has 2 fully saturated rings. The van der Waals surface area contributed by atoms with Crippen LogP contribution in [0.4, 0.5) is 0 Å². The monoisotopic (exact) mass is 337 g/mol. The normalized spacial score (nSPS) is 29.9. The van der Waals surface area contributed by atoms with Crippen molar-refractivity contribution in [1.82, 2.24) is 0 Å². The Balaban J connectivity index is 1.41. The van der Waals surface area contributed by atoms with Gasteiger partial charge in [-0.15, -0.1) is 0 Å². The van der Waals surface area contributed by atoms with E-state index in [0.29, 0.717) is 0 Å². The Kier molecular flexibility index (Phi) is 6.97. The van der Waals surface area contributed by atoms with Crippen LogP contribution in [0.15, 0.2) is 24.3 Å². The lowest BCUT2D eigenvalue weighted by Gasteiger charge is -2.38. The van der Waals surface area contributed by atoms with E-state index in [-0.39, 0.29) is 0 Å². The first kappa shape index (κ1) is 18.5. The molecule has 0 saturated heterocycles. The van der Waals surface area contributed by atoms with Crippen molar-refractivity contribution in [2.24, 2.45) is 17.8 Å². The van der Waals surface area contributed by atoms with E-state index in [1.807, 2.05) is 12.1 Å². The molecule has 0 heterocycles. The minimum Gasteiger partial charge on any atom is -0.192 e. The first-order valence-corrected chi connectivity index (χ1v) is 10.8. The molecular formula is C24H35N. The van der Waals surface area contributed by atoms with Gasteiger partial charge in [0.25, 0.3) is 0 Å². The number of nitriles is 1. The molecule has 1 nitrogen and oxygen atoms in total. The first-order valence-electron chi connectivity index (χ1n) is 10.8. The summed E-state index contributed by atoms with van der Waals surface area (Å²) in [5.41, 5.74) is 2.24. The summed E-state index contributed by atoms with van der Waals surface area (Å²) >= 11 is 0. The molecule has 1 heteroatoms. The SMILES string of the molecule is CCCCC[C@H]1CC[C@H](C2CCC(c3ccc(C#N)cc3)CC2)CC1. The lowest BCUT2D eigenvalue weighted by atomic mass is 9.68. The number of hydrogen-bond acceptors (Lipinski definition) is 1. The lowest BCUT2D eigenvalue weighted by molar-refractivity contribution is 0.155. The van der Waals surface area contributed by atoms with Crippen molar-refractivity contribution in [3.63, 3.8) is 0 Å². The molecule has 0 aliphatic heterocycles. The molecule has 3 rings (SSSR count). The molecule has 0 unspecified atom stereocenters. The third-order valence-corrected chi connectivity index (χ3v) is 7.06. The zero-order valence-corrected chi connectivity index (χ0v) is 16.1. The van der Waals surface area contributed by atoms with Crippen molar-refractivity contribution in [3.8, 4) is 6.07 Å². The average molecular weight is 338 g/mol. The van der Waals surface area contributed by atoms with Crippen molar-refractivity contribution in [3.05, 3.63) is 35.4 Å². The number of rotatable bonds is 6. The maximum atomic E-state index is 8.95. The molecule has 2 saturated carbocycles. The van der Waals surface area contributed by atoms with E-state index >= 15 is 0 Å². The molecule has 0 spiro atoms. The Bertz CT molecular complexity index is 536. The summed E-state index contributed by atoms with van der Waals surface area (Å²) in [4.78, 5) is 0. The molecule has 0 N–H and O–H groups in total. The van der Waals surface area contributed by atoms with Crippen LogP contribution in [-0.4, -0.2) is 0 Å². The smallest absolute Gasteiger partial charge is 0.0991 e. The number of benzene rings is 1. The third kappa shape index (κ3) is 5.10. The molecule has 25 heavy (non-hydrogen) atoms. The quantitative estimate of drug-likeness (QED) is 0.503. The largest absolute Gasteiger partial charge is 0.192 e. The van der Waals surface area contributed by atoms with Crippen LogP contribution in [0.3, 0.4) is 0 Å². The lowest BCUT2D eigenvalue weighted by Crippen LogP contribution is -2.25. The van der Waals surface area contributed by atoms with E-state index in [2.05, 4.69) is 25.1 Å². The summed E-state index contributed by atoms with van der Waals surface area (Å²) in [5.74, 6) is 3.78. The van der Waals surface area contributed by atoms with Gasteiger partial charge in [0.2, 0.25) is 0 Å². The Morgan fingerprint density at radius 1 is 0.840 bits per heavy atom. The summed E-state index contributed by atoms with van der Waals surface area (Å²) in [7, 11) is 0. The average Bonchev–Trinajstić information content (AvgIpc) is 2.69. The standard InChI is InChI=1S/C24H35N/c1-2-3-4-5-19-6-10-21(11-7-19)23-14-16-24(17-15-23)22-12-8-20(18-25)9-13-22/h8-9,12-13,19,21,23-24H,2-7,10-11,14-17H2,1H3/t19-,21-,23?,24?. The minimum atomic E-state index is 0.731. The summed E-state index contributed by atoms with van der Waals surface area (Å²) in [5, 5.41) is 8.95. The van der Waals surface area contributed by atoms with E-state index in [1.165, 1.54) is 82.6 Å². The predicted octanol–water partition coefficient (Wildman–Crippen LogP) is 7.22. The summed E-state index contributed by atoms with van der Waals surface area (Å²) < 4.78 is 0. The van der Waals surface area contributed by atoms with Gasteiger partial charge in [0, 0.05) is 0 Å². The maximum Gasteiger partial charge on any atom is 0.0991 e. The van der Waals surface area contributed by atoms with Crippen molar-refractivity contribution in [2.45, 2.75) is 89.9 Å². The first-order chi connectivity index (χ1) is 12.3. The van der Waals surface area contributed by atoms with Gasteiger partial charge in [-0.1, -0.05) is 57.6 Å². The molecule has 0 bridgehead atoms. The summed E-state index contributed by atoms with van der Waals surface area (Å²) in [6, 6.07) is 10.6. The van der Waals surface area contributed by atoms with Gasteiger partial charge < -0.3 is 0 Å². The second kappa shape index (κ2) is 9.42. The van der Waals surface area contributed by atoms with E-state index < -0.39 is 0 Å². The van der Waals surface area contributed by atoms with Gasteiger partial charge in [-0.05, 0) is 79.9 Å². The number of nitrogens with zero attached hydrogens (tertiary/aromatic N) is 1. The predicted molar refractivity (Wildman–Crippen MR) is 105 cm³/mol. The fourth-order valence-corrected chi connectivity index (χ4v) is 5.39. The van der Waals surface area contributed by atoms with Crippen LogP contribution in [0.5, 0.6) is 0 Å². The topological polar surface area (TPSA) is 23.8 Å². The second-order valence-corrected chi connectivity index (χ2v) is 8.62. The Morgan fingerprint density at radius 2 is 1.44 bits per heavy atom. The second-order valence-electron chi connectivity index (χ2n) is 8.62. The van der Waals surface area contributed by atoms with Gasteiger partial charge in [0.1, 0.15) is 0 Å². The number of hydrogen-bond donors (Lipinski definition) is 0. The highest BCUT2D eigenvalue weighted by Crippen LogP contribution is 2.44. The molecule has 136 valence electrons. The fourth-order valence-electron chi connectivity index (χ4n) is 5.39. The van der Waals surface area contributed by atoms with Gasteiger partial charge in [-0.2, -0.15) is 5.26 Å². The molecule has 2 aliphatic carbocycles. The molecule has 1 aromatic rings. The van der Waals surface area contributed by atoms with E-state index in [1.54, 1.807) is 0 Å². The Labute approximate surface area is 154 Å². The minimum absolute atomic E-state index is 0.731. The third-order valence-electron chi connectivity index (χ3n) is 7.06. The van der Waals surface area contributed by atoms with Crippen molar-refractivity contribution in [2.75, 3.05) is 0 Å². The van der Waals surface area contributed by atoms with Crippen molar-refractivity contribution < 1.29 is 0 Å². The van der Waals surface area contributed by atoms with Crippen molar-refractivity contribution >= 4 is 0 Å². The zero-order chi connectivity index (χ0) is 17.5. The summed E-state index contributed by atoms with van der Waals surface area (Å²) in [6.45, 7) is 2.31. The molecule has 0 atom stereocenters. The van der Waals surface area contributed by atoms with E-state index in [0.717, 1.165) is 29.2 Å². The van der Waals surface area contributed by atoms with Crippen LogP contribution < -0.4 is 0 Å². The Morgan fingerprint density at radius 3 is 2.00 bits per heavy atom. The fraction of sp³-hybridized carbons (Fsp3) is 0.708. The van der Waals surface area contributed by atoms with Gasteiger partial charge in [0.05, 0.1) is 11.6 Å². The van der Waals surface area contributed by atoms with Crippen LogP contribution >= 0.6 is 0 Å². The van der Waals surface area contributed by atoms with Crippen LogP contribution in [0.2, 0.25) is 0 Å². The van der Waals surface area contributed by atoms with Crippen LogP contribution in [0.25, 0.3) is 0 Å².